The molecule has 0 aromatic heterocycles. The molecule has 1 N–H and O–H groups in total. The van der Waals surface area contributed by atoms with Gasteiger partial charge in [-0.2, -0.15) is 0 Å². The van der Waals surface area contributed by atoms with Crippen LogP contribution in [-0.4, -0.2) is 30.8 Å². The van der Waals surface area contributed by atoms with E-state index in [1.807, 2.05) is 6.07 Å². The van der Waals surface area contributed by atoms with Crippen LogP contribution in [0.15, 0.2) is 36.4 Å². The maximum atomic E-state index is 12.1. The fraction of sp³-hybridized carbons (Fsp3) is 0.286. The third-order valence-electron chi connectivity index (χ3n) is 4.45. The summed E-state index contributed by atoms with van der Waals surface area (Å²) >= 11 is 12.0. The molecule has 2 atom stereocenters. The molecule has 0 aliphatic carbocycles. The normalized spacial score (nSPS) is 18.1. The molecule has 6 nitrogen and oxygen atoms in total. The Kier molecular flexibility index (Phi) is 6.70. The number of carbonyl (C=O) groups excluding carboxylic acids is 1. The summed E-state index contributed by atoms with van der Waals surface area (Å²) in [6, 6.07) is 10.6. The van der Waals surface area contributed by atoms with Gasteiger partial charge in [-0.05, 0) is 30.7 Å². The first-order valence-electron chi connectivity index (χ1n) is 8.94. The third-order valence-corrected chi connectivity index (χ3v) is 5.22. The van der Waals surface area contributed by atoms with Crippen LogP contribution in [0.25, 0.3) is 4.85 Å². The number of rotatable bonds is 5. The summed E-state index contributed by atoms with van der Waals surface area (Å²) in [6.45, 7) is 9.35. The number of methoxy groups -OCH3 is 1. The Morgan fingerprint density at radius 3 is 2.83 bits per heavy atom. The molecule has 3 rings (SSSR count). The highest BCUT2D eigenvalue weighted by Crippen LogP contribution is 2.42. The number of benzene rings is 2. The van der Waals surface area contributed by atoms with Crippen molar-refractivity contribution in [2.24, 2.45) is 0 Å². The van der Waals surface area contributed by atoms with Gasteiger partial charge in [0, 0.05) is 11.3 Å². The fourth-order valence-corrected chi connectivity index (χ4v) is 3.65. The quantitative estimate of drug-likeness (QED) is 0.405. The summed E-state index contributed by atoms with van der Waals surface area (Å²) in [5.74, 6) is 0.0855. The predicted octanol–water partition coefficient (Wildman–Crippen LogP) is 5.08. The molecule has 0 fully saturated rings. The Bertz CT molecular complexity index is 989. The Morgan fingerprint density at radius 2 is 2.14 bits per heavy atom. The molecule has 0 bridgehead atoms. The van der Waals surface area contributed by atoms with Gasteiger partial charge in [-0.15, -0.1) is 0 Å². The van der Waals surface area contributed by atoms with Gasteiger partial charge in [0.1, 0.15) is 22.9 Å². The van der Waals surface area contributed by atoms with Gasteiger partial charge >= 0.3 is 5.97 Å². The second kappa shape index (κ2) is 9.23. The first-order valence-corrected chi connectivity index (χ1v) is 9.72. The van der Waals surface area contributed by atoms with Gasteiger partial charge in [-0.3, -0.25) is 4.79 Å². The minimum absolute atomic E-state index is 0.0403. The van der Waals surface area contributed by atoms with Crippen molar-refractivity contribution >= 4 is 46.2 Å². The molecule has 1 aliphatic heterocycles. The number of anilines is 1. The molecular formula is C21H19ClN2O4S. The third kappa shape index (κ3) is 4.51. The van der Waals surface area contributed by atoms with Crippen molar-refractivity contribution in [1.29, 1.82) is 0 Å². The van der Waals surface area contributed by atoms with E-state index >= 15 is 0 Å². The topological polar surface area (TPSA) is 61.2 Å². The van der Waals surface area contributed by atoms with E-state index in [9.17, 15) is 4.79 Å². The predicted molar refractivity (Wildman–Crippen MR) is 115 cm³/mol. The lowest BCUT2D eigenvalue weighted by Gasteiger charge is -2.24. The van der Waals surface area contributed by atoms with E-state index in [0.29, 0.717) is 38.3 Å². The Hall–Kier alpha value is -2.66. The molecule has 1 aliphatic rings. The Morgan fingerprint density at radius 1 is 1.34 bits per heavy atom. The van der Waals surface area contributed by atoms with E-state index in [0.717, 1.165) is 0 Å². The maximum absolute atomic E-state index is 12.1. The average molecular weight is 431 g/mol. The molecule has 2 aromatic rings. The fourth-order valence-electron chi connectivity index (χ4n) is 3.10. The lowest BCUT2D eigenvalue weighted by Crippen LogP contribution is -2.31. The molecule has 0 saturated carbocycles. The standard InChI is InChI=1S/C21H19ClN2O4S/c1-4-27-18(25)11-17-21(29)24-15-9-8-12(23-2)10-14(15)20(28-17)13-6-5-7-16(26-3)19(13)22/h5-10,17,20H,4,11H2,1,3H3,(H,24,29)/t17-,20-/m1/s1. The van der Waals surface area contributed by atoms with Crippen LogP contribution in [0.2, 0.25) is 5.02 Å². The van der Waals surface area contributed by atoms with Crippen molar-refractivity contribution in [3.63, 3.8) is 0 Å². The summed E-state index contributed by atoms with van der Waals surface area (Å²) in [6.07, 6.45) is -1.43. The van der Waals surface area contributed by atoms with E-state index < -0.39 is 18.2 Å². The lowest BCUT2D eigenvalue weighted by molar-refractivity contribution is -0.145. The number of thiocarbonyl (C=S) groups is 1. The minimum atomic E-state index is -0.722. The van der Waals surface area contributed by atoms with E-state index in [4.69, 9.17) is 44.6 Å². The molecule has 29 heavy (non-hydrogen) atoms. The van der Waals surface area contributed by atoms with Gasteiger partial charge in [0.25, 0.3) is 0 Å². The van der Waals surface area contributed by atoms with Crippen LogP contribution in [-0.2, 0) is 14.3 Å². The van der Waals surface area contributed by atoms with Crippen LogP contribution < -0.4 is 10.1 Å². The van der Waals surface area contributed by atoms with E-state index in [-0.39, 0.29) is 13.0 Å². The van der Waals surface area contributed by atoms with Crippen molar-refractivity contribution < 1.29 is 19.0 Å². The van der Waals surface area contributed by atoms with Gasteiger partial charge in [0.15, 0.2) is 5.69 Å². The average Bonchev–Trinajstić information content (AvgIpc) is 2.84. The molecule has 0 saturated heterocycles. The van der Waals surface area contributed by atoms with Crippen LogP contribution in [0, 0.1) is 6.57 Å². The molecule has 1 heterocycles. The number of hydrogen-bond acceptors (Lipinski definition) is 5. The molecular weight excluding hydrogens is 412 g/mol. The van der Waals surface area contributed by atoms with Crippen molar-refractivity contribution in [2.75, 3.05) is 19.0 Å². The summed E-state index contributed by atoms with van der Waals surface area (Å²) in [7, 11) is 1.53. The smallest absolute Gasteiger partial charge is 0.308 e. The number of halogens is 1. The molecule has 8 heteroatoms. The highest BCUT2D eigenvalue weighted by atomic mass is 35.5. The zero-order chi connectivity index (χ0) is 21.0. The number of fused-ring (bicyclic) bond motifs is 1. The van der Waals surface area contributed by atoms with Gasteiger partial charge < -0.3 is 19.5 Å². The first-order chi connectivity index (χ1) is 14.0. The van der Waals surface area contributed by atoms with Gasteiger partial charge in [0.2, 0.25) is 0 Å². The van der Waals surface area contributed by atoms with Crippen molar-refractivity contribution in [3.8, 4) is 5.75 Å². The monoisotopic (exact) mass is 430 g/mol. The maximum Gasteiger partial charge on any atom is 0.308 e. The van der Waals surface area contributed by atoms with E-state index in [1.54, 1.807) is 37.3 Å². The zero-order valence-corrected chi connectivity index (χ0v) is 17.5. The number of ether oxygens (including phenoxy) is 3. The van der Waals surface area contributed by atoms with Gasteiger partial charge in [-0.1, -0.05) is 42.0 Å². The lowest BCUT2D eigenvalue weighted by atomic mass is 9.98. The van der Waals surface area contributed by atoms with Crippen LogP contribution >= 0.6 is 23.8 Å². The molecule has 0 radical (unpaired) electrons. The second-order valence-corrected chi connectivity index (χ2v) is 7.07. The summed E-state index contributed by atoms with van der Waals surface area (Å²) in [5, 5.41) is 3.53. The minimum Gasteiger partial charge on any atom is -0.495 e. The number of carbonyl (C=O) groups is 1. The molecule has 0 spiro atoms. The SMILES string of the molecule is [C-]#[N+]c1ccc2c(c1)[C@@H](c1cccc(OC)c1Cl)O[C@H](CC(=O)OCC)C(=S)N2. The van der Waals surface area contributed by atoms with Crippen molar-refractivity contribution in [1.82, 2.24) is 0 Å². The molecule has 150 valence electrons. The number of hydrogen-bond donors (Lipinski definition) is 1. The van der Waals surface area contributed by atoms with Gasteiger partial charge in [-0.25, -0.2) is 4.85 Å². The first kappa shape index (κ1) is 21.1. The molecule has 0 amide bonds. The van der Waals surface area contributed by atoms with E-state index in [2.05, 4.69) is 10.2 Å². The largest absolute Gasteiger partial charge is 0.495 e. The number of nitrogens with one attached hydrogen (secondary N) is 1. The van der Waals surface area contributed by atoms with Crippen LogP contribution in [0.1, 0.15) is 30.6 Å². The number of nitrogens with zero attached hydrogens (tertiary/aromatic N) is 1. The molecule has 0 unspecified atom stereocenters. The molecule has 2 aromatic carbocycles. The van der Waals surface area contributed by atoms with E-state index in [1.165, 1.54) is 7.11 Å². The van der Waals surface area contributed by atoms with Gasteiger partial charge in [0.05, 0.1) is 31.7 Å². The highest BCUT2D eigenvalue weighted by molar-refractivity contribution is 7.80. The van der Waals surface area contributed by atoms with Crippen LogP contribution in [0.3, 0.4) is 0 Å². The summed E-state index contributed by atoms with van der Waals surface area (Å²) in [5.41, 5.74) is 2.49. The number of esters is 1. The van der Waals surface area contributed by atoms with Crippen molar-refractivity contribution in [2.45, 2.75) is 25.6 Å². The summed E-state index contributed by atoms with van der Waals surface area (Å²) in [4.78, 5) is 15.9. The second-order valence-electron chi connectivity index (χ2n) is 6.25. The highest BCUT2D eigenvalue weighted by Gasteiger charge is 2.33. The van der Waals surface area contributed by atoms with Crippen LogP contribution in [0.5, 0.6) is 5.75 Å². The Labute approximate surface area is 179 Å². The summed E-state index contributed by atoms with van der Waals surface area (Å²) < 4.78 is 16.7. The Balaban J connectivity index is 2.11. The zero-order valence-electron chi connectivity index (χ0n) is 15.9. The van der Waals surface area contributed by atoms with Crippen LogP contribution in [0.4, 0.5) is 11.4 Å². The van der Waals surface area contributed by atoms with Crippen molar-refractivity contribution in [3.05, 3.63) is 64.0 Å².